The van der Waals surface area contributed by atoms with E-state index < -0.39 is 42.0 Å². The third kappa shape index (κ3) is 19.2. The van der Waals surface area contributed by atoms with Crippen molar-refractivity contribution in [3.8, 4) is 11.5 Å². The predicted molar refractivity (Wildman–Crippen MR) is 328 cm³/mol. The largest absolute Gasteiger partial charge is 0.483 e. The van der Waals surface area contributed by atoms with E-state index in [2.05, 4.69) is 0 Å². The third-order valence-corrected chi connectivity index (χ3v) is 18.3. The number of pyridine rings is 2. The van der Waals surface area contributed by atoms with Gasteiger partial charge in [-0.05, 0) is 103 Å². The molecule has 0 bridgehead atoms. The number of hydrogen-bond acceptors (Lipinski definition) is 14. The van der Waals surface area contributed by atoms with Crippen LogP contribution >= 0.6 is 0 Å². The maximum Gasteiger partial charge on any atom is 0.292 e. The van der Waals surface area contributed by atoms with E-state index in [1.807, 2.05) is 121 Å². The van der Waals surface area contributed by atoms with Gasteiger partial charge in [0.05, 0.1) is 23.0 Å². The molecule has 87 heavy (non-hydrogen) atoms. The van der Waals surface area contributed by atoms with E-state index in [-0.39, 0.29) is 137 Å². The molecule has 6 aromatic carbocycles. The number of hydrogen-bond donors (Lipinski definition) is 0. The average molecular weight is 1220 g/mol. The topological polar surface area (TPSA) is 208 Å². The summed E-state index contributed by atoms with van der Waals surface area (Å²) in [5, 5.41) is -1.14. The number of benzene rings is 6. The van der Waals surface area contributed by atoms with Crippen molar-refractivity contribution in [2.45, 2.75) is 91.9 Å². The van der Waals surface area contributed by atoms with E-state index in [0.29, 0.717) is 6.42 Å². The van der Waals surface area contributed by atoms with Crippen molar-refractivity contribution in [1.82, 2.24) is 19.3 Å². The average Bonchev–Trinajstić information content (AvgIpc) is 3.26. The van der Waals surface area contributed by atoms with Crippen LogP contribution < -0.4 is 20.6 Å². The summed E-state index contributed by atoms with van der Waals surface area (Å²) < 4.78 is 84.3. The Morgan fingerprint density at radius 1 is 0.391 bits per heavy atom. The zero-order valence-corrected chi connectivity index (χ0v) is 49.9. The van der Waals surface area contributed by atoms with Crippen molar-refractivity contribution >= 4 is 31.5 Å². The predicted octanol–water partition coefficient (Wildman–Crippen LogP) is 9.46. The summed E-state index contributed by atoms with van der Waals surface area (Å²) in [6, 6.07) is 59.0. The Bertz CT molecular complexity index is 3490. The summed E-state index contributed by atoms with van der Waals surface area (Å²) in [5.74, 6) is -1.30. The van der Waals surface area contributed by atoms with Crippen molar-refractivity contribution in [2.24, 2.45) is 0 Å². The normalized spacial score (nSPS) is 12.2. The number of carbonyl (C=O) groups excluding carboxylic acids is 2. The molecule has 8 rings (SSSR count). The lowest BCUT2D eigenvalue weighted by molar-refractivity contribution is -0.193. The first-order valence-electron chi connectivity index (χ1n) is 28.8. The summed E-state index contributed by atoms with van der Waals surface area (Å²) in [7, 11) is -8.66. The second-order valence-electron chi connectivity index (χ2n) is 20.2. The van der Waals surface area contributed by atoms with Crippen molar-refractivity contribution in [3.63, 3.8) is 0 Å². The van der Waals surface area contributed by atoms with Crippen LogP contribution in [0, 0.1) is 0 Å². The van der Waals surface area contributed by atoms with Gasteiger partial charge in [-0.25, -0.2) is 27.0 Å². The molecule has 0 spiro atoms. The third-order valence-electron chi connectivity index (χ3n) is 14.1. The molecule has 0 aliphatic rings. The van der Waals surface area contributed by atoms with Crippen LogP contribution in [0.15, 0.2) is 238 Å². The lowest BCUT2D eigenvalue weighted by atomic mass is 10.2. The minimum Gasteiger partial charge on any atom is -0.483 e. The summed E-state index contributed by atoms with van der Waals surface area (Å²) in [6.07, 6.45) is 3.60. The minimum atomic E-state index is -4.33. The van der Waals surface area contributed by atoms with E-state index in [1.54, 1.807) is 73.1 Å². The van der Waals surface area contributed by atoms with Crippen molar-refractivity contribution in [3.05, 3.63) is 262 Å². The Labute approximate surface area is 507 Å². The van der Waals surface area contributed by atoms with Gasteiger partial charge in [-0.15, -0.1) is 0 Å². The Morgan fingerprint density at radius 2 is 0.713 bits per heavy atom. The minimum absolute atomic E-state index is 0.0235. The molecule has 2 amide bonds. The summed E-state index contributed by atoms with van der Waals surface area (Å²) in [6.45, 7) is 0.168. The van der Waals surface area contributed by atoms with Crippen LogP contribution in [0.25, 0.3) is 0 Å². The second-order valence-corrected chi connectivity index (χ2v) is 24.5. The molecule has 0 saturated heterocycles. The summed E-state index contributed by atoms with van der Waals surface area (Å²) in [5.41, 5.74) is 2.54. The van der Waals surface area contributed by atoms with Crippen molar-refractivity contribution in [1.29, 1.82) is 0 Å². The van der Waals surface area contributed by atoms with Gasteiger partial charge < -0.3 is 28.1 Å². The number of nitrogens with zero attached hydrogens (tertiary/aromatic N) is 4. The summed E-state index contributed by atoms with van der Waals surface area (Å²) in [4.78, 5) is 68.5. The highest BCUT2D eigenvalue weighted by Gasteiger charge is 2.39. The molecule has 2 aromatic heterocycles. The Hall–Kier alpha value is -8.50. The molecule has 0 saturated carbocycles. The van der Waals surface area contributed by atoms with Crippen LogP contribution in [0.3, 0.4) is 0 Å². The first-order valence-corrected chi connectivity index (χ1v) is 31.9. The Balaban J connectivity index is 0.932. The highest BCUT2D eigenvalue weighted by molar-refractivity contribution is 7.93. The number of rotatable bonds is 36. The van der Waals surface area contributed by atoms with Crippen molar-refractivity contribution < 1.29 is 55.0 Å². The number of carbonyl (C=O) groups is 2. The molecule has 2 atom stereocenters. The van der Waals surface area contributed by atoms with E-state index in [1.165, 1.54) is 33.4 Å². The fourth-order valence-electron chi connectivity index (χ4n) is 9.29. The molecule has 2 unspecified atom stereocenters. The molecule has 0 N–H and O–H groups in total. The zero-order chi connectivity index (χ0) is 61.1. The monoisotopic (exact) mass is 1220 g/mol. The molecule has 20 heteroatoms. The molecule has 456 valence electrons. The van der Waals surface area contributed by atoms with Gasteiger partial charge in [-0.2, -0.15) is 0 Å². The molecule has 0 aliphatic carbocycles. The molecular weight excluding hydrogens is 1150 g/mol. The highest BCUT2D eigenvalue weighted by atomic mass is 32.2. The first kappa shape index (κ1) is 64.5. The fraction of sp³-hybridized carbons (Fsp3) is 0.284. The Kier molecular flexibility index (Phi) is 24.8. The fourth-order valence-corrected chi connectivity index (χ4v) is 12.6. The van der Waals surface area contributed by atoms with Crippen LogP contribution in [0.5, 0.6) is 11.5 Å². The number of amides is 2. The zero-order valence-electron chi connectivity index (χ0n) is 48.3. The molecule has 2 heterocycles. The Morgan fingerprint density at radius 3 is 1.06 bits per heavy atom. The second kappa shape index (κ2) is 33.4. The van der Waals surface area contributed by atoms with Gasteiger partial charge >= 0.3 is 0 Å². The first-order chi connectivity index (χ1) is 42.4. The quantitative estimate of drug-likeness (QED) is 0.0265. The standard InChI is InChI=1S/C67H72N4O14S2/c72-64-60(82-50-54-24-8-1-9-25-54)36-22-40-68(64)44-48-80-46-38-62(86(76,77)58-32-16-5-17-33-58)66(74)70(84-52-56-28-12-3-13-29-56)42-20-7-21-43-71(85-53-57-30-14-4-15-31-57)67(75)63(87(78,79)59-34-18-6-19-35-59)39-47-81-49-45-69-41-23-37-61(65(69)73)83-51-55-26-10-2-11-27-55/h1-6,8-19,22-37,40-41,62-63H,7,20-21,38-39,42-53H2. The van der Waals surface area contributed by atoms with Gasteiger partial charge in [0, 0.05) is 51.8 Å². The van der Waals surface area contributed by atoms with Crippen LogP contribution in [-0.4, -0.2) is 97.9 Å². The molecular formula is C67H72N4O14S2. The van der Waals surface area contributed by atoms with Gasteiger partial charge in [0.25, 0.3) is 22.9 Å². The molecule has 8 aromatic rings. The number of hydroxylamine groups is 4. The lowest BCUT2D eigenvalue weighted by Gasteiger charge is -2.28. The maximum absolute atomic E-state index is 14.8. The number of unbranched alkanes of at least 4 members (excludes halogenated alkanes) is 2. The highest BCUT2D eigenvalue weighted by Crippen LogP contribution is 2.25. The number of aromatic nitrogens is 2. The molecule has 0 aliphatic heterocycles. The number of sulfone groups is 2. The lowest BCUT2D eigenvalue weighted by Crippen LogP contribution is -2.44. The number of ether oxygens (including phenoxy) is 4. The van der Waals surface area contributed by atoms with Crippen molar-refractivity contribution in [2.75, 3.05) is 39.5 Å². The molecule has 0 radical (unpaired) electrons. The van der Waals surface area contributed by atoms with Gasteiger partial charge in [-0.1, -0.05) is 158 Å². The van der Waals surface area contributed by atoms with E-state index in [4.69, 9.17) is 28.6 Å². The van der Waals surface area contributed by atoms with Gasteiger partial charge in [0.15, 0.2) is 31.2 Å². The van der Waals surface area contributed by atoms with Crippen LogP contribution in [0.4, 0.5) is 0 Å². The van der Waals surface area contributed by atoms with E-state index >= 15 is 0 Å². The summed E-state index contributed by atoms with van der Waals surface area (Å²) >= 11 is 0. The van der Waals surface area contributed by atoms with Gasteiger partial charge in [0.1, 0.15) is 36.9 Å². The maximum atomic E-state index is 14.8. The smallest absolute Gasteiger partial charge is 0.292 e. The SMILES string of the molecule is O=C(C(CCOCCn1cccc(OCc2ccccc2)c1=O)S(=O)(=O)c1ccccc1)N(CCCCCN(OCc1ccccc1)C(=O)C(CCOCCn1cccc(OCc2ccccc2)c1=O)S(=O)(=O)c1ccccc1)OCc1ccccc1. The molecule has 0 fully saturated rings. The van der Waals surface area contributed by atoms with Gasteiger partial charge in [-0.3, -0.25) is 28.9 Å². The van der Waals surface area contributed by atoms with Crippen LogP contribution in [-0.2, 0) is 87.9 Å². The van der Waals surface area contributed by atoms with Crippen LogP contribution in [0.1, 0.15) is 54.4 Å². The van der Waals surface area contributed by atoms with E-state index in [0.717, 1.165) is 32.4 Å². The molecule has 18 nitrogen and oxygen atoms in total. The van der Waals surface area contributed by atoms with Gasteiger partial charge in [0.2, 0.25) is 0 Å². The van der Waals surface area contributed by atoms with Crippen LogP contribution in [0.2, 0.25) is 0 Å². The van der Waals surface area contributed by atoms with E-state index in [9.17, 15) is 36.0 Å².